The van der Waals surface area contributed by atoms with Gasteiger partial charge in [0.25, 0.3) is 0 Å². The van der Waals surface area contributed by atoms with Crippen molar-refractivity contribution in [1.82, 2.24) is 14.8 Å². The molecule has 132 valence electrons. The number of amides is 1. The average molecular weight is 365 g/mol. The third-order valence-electron chi connectivity index (χ3n) is 4.43. The predicted octanol–water partition coefficient (Wildman–Crippen LogP) is 2.36. The lowest BCUT2D eigenvalue weighted by atomic mass is 10.2. The van der Waals surface area contributed by atoms with Gasteiger partial charge < -0.3 is 9.47 Å². The van der Waals surface area contributed by atoms with E-state index in [9.17, 15) is 9.59 Å². The molecule has 1 aliphatic carbocycles. The fraction of sp³-hybridized carbons (Fsp3) is 0.375. The molecule has 9 heteroatoms. The number of pyridine rings is 1. The summed E-state index contributed by atoms with van der Waals surface area (Å²) in [4.78, 5) is 29.9. The molecule has 1 amide bonds. The molecule has 2 aromatic heterocycles. The van der Waals surface area contributed by atoms with Crippen molar-refractivity contribution in [2.24, 2.45) is 5.92 Å². The van der Waals surface area contributed by atoms with E-state index >= 15 is 0 Å². The Labute approximate surface area is 149 Å². The Bertz CT molecular complexity index is 880. The first-order valence-electron chi connectivity index (χ1n) is 7.49. The highest BCUT2D eigenvalue weighted by Gasteiger charge is 2.63. The number of anilines is 1. The fourth-order valence-electron chi connectivity index (χ4n) is 3.00. The number of ether oxygens (including phenoxy) is 2. The predicted molar refractivity (Wildman–Crippen MR) is 91.6 cm³/mol. The largest absolute Gasteiger partial charge is 0.467 e. The van der Waals surface area contributed by atoms with E-state index in [1.165, 1.54) is 30.8 Å². The normalized spacial score (nSPS) is 21.7. The lowest BCUT2D eigenvalue weighted by molar-refractivity contribution is -0.146. The maximum Gasteiger partial charge on any atom is 0.414 e. The molecule has 3 rings (SSSR count). The smallest absolute Gasteiger partial charge is 0.414 e. The Balaban J connectivity index is 2.25. The second-order valence-electron chi connectivity index (χ2n) is 5.73. The van der Waals surface area contributed by atoms with Gasteiger partial charge in [-0.05, 0) is 18.6 Å². The first-order chi connectivity index (χ1) is 11.9. The minimum absolute atomic E-state index is 0.153. The molecule has 0 spiro atoms. The third-order valence-corrected chi connectivity index (χ3v) is 4.64. The van der Waals surface area contributed by atoms with E-state index in [1.807, 2.05) is 0 Å². The number of nitrogens with zero attached hydrogens (tertiary/aromatic N) is 4. The van der Waals surface area contributed by atoms with Gasteiger partial charge in [-0.25, -0.2) is 19.3 Å². The second kappa shape index (κ2) is 6.03. The number of hydrogen-bond acceptors (Lipinski definition) is 6. The van der Waals surface area contributed by atoms with Gasteiger partial charge in [0, 0.05) is 13.0 Å². The molecule has 1 saturated carbocycles. The van der Waals surface area contributed by atoms with Crippen molar-refractivity contribution in [1.29, 1.82) is 0 Å². The van der Waals surface area contributed by atoms with E-state index in [0.717, 1.165) is 0 Å². The standard InChI is InChI=1S/C16H17ClN4O4/c1-5-9-8-16(9,14(22)24-3)21-12-10(6-7-11(17)18-12)13(19-21)20(2)15(23)25-4/h5-7,9H,1,8H2,2-4H3/t9-,16-/m0/s1. The summed E-state index contributed by atoms with van der Waals surface area (Å²) in [5, 5.41) is 5.28. The molecule has 0 unspecified atom stereocenters. The summed E-state index contributed by atoms with van der Waals surface area (Å²) in [5.74, 6) is -0.292. The monoisotopic (exact) mass is 364 g/mol. The van der Waals surface area contributed by atoms with Crippen molar-refractivity contribution >= 4 is 40.5 Å². The van der Waals surface area contributed by atoms with Crippen LogP contribution in [0.2, 0.25) is 5.15 Å². The molecule has 0 radical (unpaired) electrons. The van der Waals surface area contributed by atoms with Gasteiger partial charge in [0.2, 0.25) is 0 Å². The lowest BCUT2D eigenvalue weighted by Crippen LogP contribution is -2.33. The maximum absolute atomic E-state index is 12.5. The maximum atomic E-state index is 12.5. The lowest BCUT2D eigenvalue weighted by Gasteiger charge is -2.16. The third kappa shape index (κ3) is 2.44. The zero-order valence-corrected chi connectivity index (χ0v) is 14.8. The molecule has 0 aromatic carbocycles. The summed E-state index contributed by atoms with van der Waals surface area (Å²) >= 11 is 6.03. The molecule has 0 saturated heterocycles. The number of methoxy groups -OCH3 is 2. The van der Waals surface area contributed by atoms with Crippen LogP contribution in [-0.4, -0.2) is 48.1 Å². The molecule has 8 nitrogen and oxygen atoms in total. The zero-order chi connectivity index (χ0) is 18.4. The summed E-state index contributed by atoms with van der Waals surface area (Å²) in [7, 11) is 4.11. The summed E-state index contributed by atoms with van der Waals surface area (Å²) in [5.41, 5.74) is -0.658. The van der Waals surface area contributed by atoms with Crippen LogP contribution in [-0.2, 0) is 19.8 Å². The molecular weight excluding hydrogens is 348 g/mol. The van der Waals surface area contributed by atoms with Crippen LogP contribution >= 0.6 is 11.6 Å². The van der Waals surface area contributed by atoms with Crippen molar-refractivity contribution in [3.05, 3.63) is 29.9 Å². The highest BCUT2D eigenvalue weighted by atomic mass is 35.5. The molecule has 2 atom stereocenters. The van der Waals surface area contributed by atoms with Gasteiger partial charge in [0.1, 0.15) is 5.15 Å². The number of rotatable bonds is 4. The number of hydrogen-bond donors (Lipinski definition) is 0. The van der Waals surface area contributed by atoms with Crippen LogP contribution in [0.25, 0.3) is 11.0 Å². The van der Waals surface area contributed by atoms with E-state index in [-0.39, 0.29) is 11.1 Å². The van der Waals surface area contributed by atoms with Crippen molar-refractivity contribution in [3.63, 3.8) is 0 Å². The molecule has 25 heavy (non-hydrogen) atoms. The Kier molecular flexibility index (Phi) is 4.16. The van der Waals surface area contributed by atoms with E-state index in [0.29, 0.717) is 23.3 Å². The zero-order valence-electron chi connectivity index (χ0n) is 14.0. The average Bonchev–Trinajstić information content (AvgIpc) is 3.26. The van der Waals surface area contributed by atoms with Crippen LogP contribution in [0, 0.1) is 5.92 Å². The van der Waals surface area contributed by atoms with Crippen LogP contribution in [0.4, 0.5) is 10.6 Å². The number of halogens is 1. The van der Waals surface area contributed by atoms with Crippen LogP contribution in [0.15, 0.2) is 24.8 Å². The quantitative estimate of drug-likeness (QED) is 0.470. The number of carbonyl (C=O) groups is 2. The number of aromatic nitrogens is 3. The van der Waals surface area contributed by atoms with E-state index in [1.54, 1.807) is 18.2 Å². The molecule has 1 fully saturated rings. The molecule has 1 aliphatic rings. The number of esters is 1. The van der Waals surface area contributed by atoms with E-state index in [2.05, 4.69) is 16.7 Å². The topological polar surface area (TPSA) is 86.6 Å². The Hall–Kier alpha value is -2.61. The molecule has 0 N–H and O–H groups in total. The molecule has 0 bridgehead atoms. The first-order valence-corrected chi connectivity index (χ1v) is 7.87. The van der Waals surface area contributed by atoms with Crippen molar-refractivity contribution in [3.8, 4) is 0 Å². The second-order valence-corrected chi connectivity index (χ2v) is 6.12. The van der Waals surface area contributed by atoms with Crippen molar-refractivity contribution in [2.75, 3.05) is 26.2 Å². The number of carbonyl (C=O) groups excluding carboxylic acids is 2. The van der Waals surface area contributed by atoms with E-state index in [4.69, 9.17) is 21.1 Å². The van der Waals surface area contributed by atoms with Crippen molar-refractivity contribution < 1.29 is 19.1 Å². The molecule has 2 aromatic rings. The molecule has 0 aliphatic heterocycles. The summed E-state index contributed by atoms with van der Waals surface area (Å²) in [6.07, 6.45) is 1.57. The van der Waals surface area contributed by atoms with Gasteiger partial charge in [-0.1, -0.05) is 17.7 Å². The first kappa shape index (κ1) is 17.2. The number of fused-ring (bicyclic) bond motifs is 1. The summed E-state index contributed by atoms with van der Waals surface area (Å²) in [6, 6.07) is 3.28. The Morgan fingerprint density at radius 1 is 1.44 bits per heavy atom. The molecule has 2 heterocycles. The van der Waals surface area contributed by atoms with Crippen LogP contribution < -0.4 is 4.90 Å². The van der Waals surface area contributed by atoms with Gasteiger partial charge in [0.05, 0.1) is 19.6 Å². The van der Waals surface area contributed by atoms with Crippen LogP contribution in [0.5, 0.6) is 0 Å². The minimum atomic E-state index is -1.04. The Morgan fingerprint density at radius 3 is 2.72 bits per heavy atom. The van der Waals surface area contributed by atoms with Gasteiger partial charge in [-0.3, -0.25) is 4.90 Å². The highest BCUT2D eigenvalue weighted by Crippen LogP contribution is 2.53. The number of allylic oxidation sites excluding steroid dienone is 1. The van der Waals surface area contributed by atoms with E-state index < -0.39 is 17.6 Å². The highest BCUT2D eigenvalue weighted by molar-refractivity contribution is 6.29. The van der Waals surface area contributed by atoms with Gasteiger partial charge in [-0.15, -0.1) is 6.58 Å². The van der Waals surface area contributed by atoms with Gasteiger partial charge in [0.15, 0.2) is 17.0 Å². The SMILES string of the molecule is C=C[C@H]1C[C@]1(C(=O)OC)n1nc(N(C)C(=O)OC)c2ccc(Cl)nc21. The van der Waals surface area contributed by atoms with Gasteiger partial charge >= 0.3 is 12.1 Å². The van der Waals surface area contributed by atoms with Gasteiger partial charge in [-0.2, -0.15) is 5.10 Å². The Morgan fingerprint density at radius 2 is 2.16 bits per heavy atom. The van der Waals surface area contributed by atoms with Crippen LogP contribution in [0.3, 0.4) is 0 Å². The summed E-state index contributed by atoms with van der Waals surface area (Å²) in [6.45, 7) is 3.76. The van der Waals surface area contributed by atoms with Crippen LogP contribution in [0.1, 0.15) is 6.42 Å². The fourth-order valence-corrected chi connectivity index (χ4v) is 3.15. The molecular formula is C16H17ClN4O4. The summed E-state index contributed by atoms with van der Waals surface area (Å²) < 4.78 is 11.2. The minimum Gasteiger partial charge on any atom is -0.467 e. The van der Waals surface area contributed by atoms with Crippen molar-refractivity contribution in [2.45, 2.75) is 12.0 Å².